The molecule has 32 heavy (non-hydrogen) atoms. The molecule has 0 spiro atoms. The maximum absolute atomic E-state index is 13.0. The standard InChI is InChI=1S/C21H22F3N3O5/c1-14-16(29-10-11-31-21(22,23)24)6-5-15(26-14)19(28)27-9-7-20(17-4-2-3-8-25-17)18(12-27)30-13-32-20/h2-6,8,18H,7,9-13H2,1H3/t18?,20-/m1/s1. The third-order valence-electron chi connectivity index (χ3n) is 5.49. The highest BCUT2D eigenvalue weighted by Crippen LogP contribution is 2.41. The van der Waals surface area contributed by atoms with Crippen molar-refractivity contribution < 1.29 is 36.9 Å². The van der Waals surface area contributed by atoms with Gasteiger partial charge in [-0.25, -0.2) is 4.98 Å². The third-order valence-corrected chi connectivity index (χ3v) is 5.49. The molecule has 2 aliphatic rings. The fourth-order valence-corrected chi connectivity index (χ4v) is 3.93. The molecule has 2 aromatic rings. The number of nitrogens with zero attached hydrogens (tertiary/aromatic N) is 3. The Morgan fingerprint density at radius 3 is 2.84 bits per heavy atom. The summed E-state index contributed by atoms with van der Waals surface area (Å²) in [6.07, 6.45) is -2.83. The molecule has 8 nitrogen and oxygen atoms in total. The molecule has 2 aliphatic heterocycles. The first-order valence-electron chi connectivity index (χ1n) is 10.1. The molecule has 2 fully saturated rings. The zero-order valence-electron chi connectivity index (χ0n) is 17.3. The van der Waals surface area contributed by atoms with Crippen LogP contribution in [-0.4, -0.2) is 66.3 Å². The fraction of sp³-hybridized carbons (Fsp3) is 0.476. The molecule has 4 heterocycles. The quantitative estimate of drug-likeness (QED) is 0.622. The van der Waals surface area contributed by atoms with Gasteiger partial charge in [-0.3, -0.25) is 14.5 Å². The van der Waals surface area contributed by atoms with Crippen LogP contribution in [0.5, 0.6) is 5.75 Å². The van der Waals surface area contributed by atoms with E-state index in [0.29, 0.717) is 25.2 Å². The Bertz CT molecular complexity index is 959. The number of aromatic nitrogens is 2. The number of likely N-dealkylation sites (tertiary alicyclic amines) is 1. The minimum absolute atomic E-state index is 0.130. The number of pyridine rings is 2. The van der Waals surface area contributed by atoms with Gasteiger partial charge in [-0.05, 0) is 31.2 Å². The van der Waals surface area contributed by atoms with Gasteiger partial charge in [0.25, 0.3) is 5.91 Å². The third kappa shape index (κ3) is 4.69. The van der Waals surface area contributed by atoms with Crippen LogP contribution in [0.3, 0.4) is 0 Å². The number of hydrogen-bond donors (Lipinski definition) is 0. The van der Waals surface area contributed by atoms with Gasteiger partial charge in [-0.2, -0.15) is 0 Å². The lowest BCUT2D eigenvalue weighted by Gasteiger charge is -2.41. The van der Waals surface area contributed by atoms with Crippen LogP contribution < -0.4 is 4.74 Å². The number of alkyl halides is 3. The van der Waals surface area contributed by atoms with E-state index in [1.54, 1.807) is 18.0 Å². The first kappa shape index (κ1) is 22.4. The fourth-order valence-electron chi connectivity index (χ4n) is 3.93. The summed E-state index contributed by atoms with van der Waals surface area (Å²) in [4.78, 5) is 23.4. The molecule has 0 bridgehead atoms. The molecule has 2 aromatic heterocycles. The van der Waals surface area contributed by atoms with E-state index in [0.717, 1.165) is 5.69 Å². The lowest BCUT2D eigenvalue weighted by Crippen LogP contribution is -2.54. The summed E-state index contributed by atoms with van der Waals surface area (Å²) in [5, 5.41) is 0. The summed E-state index contributed by atoms with van der Waals surface area (Å²) in [5.74, 6) is 0.0119. The van der Waals surface area contributed by atoms with Crippen molar-refractivity contribution in [3.8, 4) is 5.75 Å². The van der Waals surface area contributed by atoms with E-state index in [1.165, 1.54) is 12.1 Å². The average molecular weight is 453 g/mol. The summed E-state index contributed by atoms with van der Waals surface area (Å²) >= 11 is 0. The molecule has 1 amide bonds. The van der Waals surface area contributed by atoms with Crippen molar-refractivity contribution in [1.82, 2.24) is 14.9 Å². The van der Waals surface area contributed by atoms with Crippen molar-refractivity contribution in [2.45, 2.75) is 31.4 Å². The Hall–Kier alpha value is -2.76. The second-order valence-corrected chi connectivity index (χ2v) is 7.45. The lowest BCUT2D eigenvalue weighted by atomic mass is 9.85. The van der Waals surface area contributed by atoms with Crippen LogP contribution in [0.15, 0.2) is 36.5 Å². The van der Waals surface area contributed by atoms with Crippen LogP contribution in [0.4, 0.5) is 13.2 Å². The molecule has 0 saturated carbocycles. The lowest BCUT2D eigenvalue weighted by molar-refractivity contribution is -0.325. The summed E-state index contributed by atoms with van der Waals surface area (Å²) in [5.41, 5.74) is 0.700. The minimum Gasteiger partial charge on any atom is -0.489 e. The number of ether oxygens (including phenoxy) is 4. The van der Waals surface area contributed by atoms with Crippen molar-refractivity contribution in [3.63, 3.8) is 0 Å². The van der Waals surface area contributed by atoms with E-state index >= 15 is 0 Å². The Labute approximate surface area is 182 Å². The number of amides is 1. The maximum atomic E-state index is 13.0. The van der Waals surface area contributed by atoms with Crippen LogP contribution in [0.1, 0.15) is 28.3 Å². The zero-order chi connectivity index (χ0) is 22.8. The summed E-state index contributed by atoms with van der Waals surface area (Å²) in [7, 11) is 0. The molecule has 0 aromatic carbocycles. The maximum Gasteiger partial charge on any atom is 0.522 e. The molecular formula is C21H22F3N3O5. The van der Waals surface area contributed by atoms with E-state index in [9.17, 15) is 18.0 Å². The van der Waals surface area contributed by atoms with Gasteiger partial charge in [-0.15, -0.1) is 13.2 Å². The Morgan fingerprint density at radius 1 is 1.28 bits per heavy atom. The van der Waals surface area contributed by atoms with Gasteiger partial charge in [0.1, 0.15) is 36.5 Å². The number of rotatable bonds is 6. The zero-order valence-corrected chi connectivity index (χ0v) is 17.3. The highest BCUT2D eigenvalue weighted by Gasteiger charge is 2.52. The van der Waals surface area contributed by atoms with Crippen LogP contribution in [0, 0.1) is 6.92 Å². The SMILES string of the molecule is Cc1nc(C(=O)N2CC[C@]3(c4ccccn4)OCOC3C2)ccc1OCCOC(F)(F)F. The molecule has 2 atom stereocenters. The highest BCUT2D eigenvalue weighted by molar-refractivity contribution is 5.92. The number of fused-ring (bicyclic) bond motifs is 1. The van der Waals surface area contributed by atoms with E-state index in [4.69, 9.17) is 14.2 Å². The topological polar surface area (TPSA) is 83.0 Å². The van der Waals surface area contributed by atoms with Gasteiger partial charge in [0.05, 0.1) is 24.5 Å². The van der Waals surface area contributed by atoms with E-state index in [2.05, 4.69) is 14.7 Å². The number of carbonyl (C=O) groups excluding carboxylic acids is 1. The van der Waals surface area contributed by atoms with Crippen molar-refractivity contribution >= 4 is 5.91 Å². The van der Waals surface area contributed by atoms with Gasteiger partial charge in [0.15, 0.2) is 0 Å². The second kappa shape index (κ2) is 9.00. The van der Waals surface area contributed by atoms with E-state index in [-0.39, 0.29) is 36.9 Å². The number of hydrogen-bond acceptors (Lipinski definition) is 7. The Morgan fingerprint density at radius 2 is 2.12 bits per heavy atom. The van der Waals surface area contributed by atoms with Gasteiger partial charge >= 0.3 is 6.36 Å². The predicted octanol–water partition coefficient (Wildman–Crippen LogP) is 2.81. The van der Waals surface area contributed by atoms with Crippen LogP contribution in [0.25, 0.3) is 0 Å². The molecule has 0 radical (unpaired) electrons. The Kier molecular flexibility index (Phi) is 6.31. The summed E-state index contributed by atoms with van der Waals surface area (Å²) in [6.45, 7) is 1.57. The van der Waals surface area contributed by atoms with Gasteiger partial charge in [0, 0.05) is 19.2 Å². The molecule has 4 rings (SSSR count). The smallest absolute Gasteiger partial charge is 0.489 e. The van der Waals surface area contributed by atoms with Crippen LogP contribution in [0.2, 0.25) is 0 Å². The summed E-state index contributed by atoms with van der Waals surface area (Å²) in [6, 6.07) is 8.61. The molecule has 0 N–H and O–H groups in total. The number of halogens is 3. The monoisotopic (exact) mass is 453 g/mol. The van der Waals surface area contributed by atoms with Crippen molar-refractivity contribution in [1.29, 1.82) is 0 Å². The first-order valence-corrected chi connectivity index (χ1v) is 10.1. The molecule has 11 heteroatoms. The van der Waals surface area contributed by atoms with E-state index in [1.807, 2.05) is 18.2 Å². The second-order valence-electron chi connectivity index (χ2n) is 7.45. The Balaban J connectivity index is 1.39. The number of aryl methyl sites for hydroxylation is 1. The molecule has 172 valence electrons. The van der Waals surface area contributed by atoms with E-state index < -0.39 is 18.6 Å². The predicted molar refractivity (Wildman–Crippen MR) is 104 cm³/mol. The average Bonchev–Trinajstić information content (AvgIpc) is 3.21. The van der Waals surface area contributed by atoms with Crippen molar-refractivity contribution in [2.24, 2.45) is 0 Å². The largest absolute Gasteiger partial charge is 0.522 e. The van der Waals surface area contributed by atoms with Gasteiger partial charge < -0.3 is 19.1 Å². The number of carbonyl (C=O) groups is 1. The first-order chi connectivity index (χ1) is 15.3. The molecular weight excluding hydrogens is 431 g/mol. The minimum atomic E-state index is -4.70. The van der Waals surface area contributed by atoms with Crippen LogP contribution in [-0.2, 0) is 19.8 Å². The molecule has 1 unspecified atom stereocenters. The molecule has 0 aliphatic carbocycles. The summed E-state index contributed by atoms with van der Waals surface area (Å²) < 4.78 is 56.7. The normalized spacial score (nSPS) is 23.1. The highest BCUT2D eigenvalue weighted by atomic mass is 19.4. The van der Waals surface area contributed by atoms with Gasteiger partial charge in [0.2, 0.25) is 0 Å². The van der Waals surface area contributed by atoms with Crippen molar-refractivity contribution in [2.75, 3.05) is 33.1 Å². The van der Waals surface area contributed by atoms with Crippen LogP contribution >= 0.6 is 0 Å². The van der Waals surface area contributed by atoms with Crippen molar-refractivity contribution in [3.05, 3.63) is 53.6 Å². The van der Waals surface area contributed by atoms with Gasteiger partial charge in [-0.1, -0.05) is 6.07 Å². The molecule has 2 saturated heterocycles. The number of piperidine rings is 1.